The maximum atomic E-state index is 4.47. The minimum Gasteiger partial charge on any atom is -0.346 e. The molecular weight excluding hydrogens is 252 g/mol. The molecule has 0 aliphatic heterocycles. The predicted octanol–water partition coefficient (Wildman–Crippen LogP) is 3.76. The van der Waals surface area contributed by atoms with Crippen LogP contribution in [0.4, 0.5) is 0 Å². The Morgan fingerprint density at radius 2 is 1.93 bits per heavy atom. The van der Waals surface area contributed by atoms with Gasteiger partial charge >= 0.3 is 0 Å². The Hall–Kier alpha value is -1.09. The number of H-pyrrole nitrogens is 1. The van der Waals surface area contributed by atoms with Crippen LogP contribution in [0.15, 0.2) is 22.7 Å². The average Bonchev–Trinajstić information content (AvgIpc) is 2.50. The highest BCUT2D eigenvalue weighted by Crippen LogP contribution is 2.26. The maximum absolute atomic E-state index is 4.47. The first-order valence-corrected chi connectivity index (χ1v) is 5.67. The van der Waals surface area contributed by atoms with E-state index in [1.165, 1.54) is 5.56 Å². The summed E-state index contributed by atoms with van der Waals surface area (Å²) in [5.74, 6) is 0.958. The SMILES string of the molecule is Cc1nc(-c2ccc(C)c(Br)c2)c(C)[nH]1. The first-order valence-electron chi connectivity index (χ1n) is 4.87. The number of hydrogen-bond acceptors (Lipinski definition) is 1. The zero-order valence-electron chi connectivity index (χ0n) is 9.06. The van der Waals surface area contributed by atoms with Gasteiger partial charge in [-0.15, -0.1) is 0 Å². The van der Waals surface area contributed by atoms with E-state index in [2.05, 4.69) is 51.0 Å². The lowest BCUT2D eigenvalue weighted by Crippen LogP contribution is -1.83. The van der Waals surface area contributed by atoms with Crippen molar-refractivity contribution in [3.05, 3.63) is 39.8 Å². The molecule has 0 aliphatic carbocycles. The van der Waals surface area contributed by atoms with Crippen molar-refractivity contribution in [1.82, 2.24) is 9.97 Å². The fourth-order valence-corrected chi connectivity index (χ4v) is 2.01. The van der Waals surface area contributed by atoms with E-state index in [9.17, 15) is 0 Å². The van der Waals surface area contributed by atoms with Crippen LogP contribution in [-0.2, 0) is 0 Å². The minimum absolute atomic E-state index is 0.958. The number of aromatic nitrogens is 2. The highest BCUT2D eigenvalue weighted by molar-refractivity contribution is 9.10. The van der Waals surface area contributed by atoms with Crippen LogP contribution < -0.4 is 0 Å². The monoisotopic (exact) mass is 264 g/mol. The first kappa shape index (κ1) is 10.4. The van der Waals surface area contributed by atoms with Gasteiger partial charge in [-0.1, -0.05) is 28.1 Å². The molecule has 1 aromatic carbocycles. The average molecular weight is 265 g/mol. The molecule has 1 aromatic heterocycles. The van der Waals surface area contributed by atoms with Crippen LogP contribution in [0, 0.1) is 20.8 Å². The third-order valence-electron chi connectivity index (χ3n) is 2.45. The number of imidazole rings is 1. The molecule has 0 radical (unpaired) electrons. The number of aryl methyl sites for hydroxylation is 3. The largest absolute Gasteiger partial charge is 0.346 e. The quantitative estimate of drug-likeness (QED) is 0.835. The summed E-state index contributed by atoms with van der Waals surface area (Å²) in [6, 6.07) is 6.31. The highest BCUT2D eigenvalue weighted by Gasteiger charge is 2.07. The van der Waals surface area contributed by atoms with Gasteiger partial charge in [0.2, 0.25) is 0 Å². The fraction of sp³-hybridized carbons (Fsp3) is 0.250. The molecule has 0 aliphatic rings. The summed E-state index contributed by atoms with van der Waals surface area (Å²) in [7, 11) is 0. The Morgan fingerprint density at radius 3 is 2.47 bits per heavy atom. The van der Waals surface area contributed by atoms with Gasteiger partial charge in [0.05, 0.1) is 5.69 Å². The third kappa shape index (κ3) is 1.97. The number of halogens is 1. The lowest BCUT2D eigenvalue weighted by atomic mass is 10.1. The van der Waals surface area contributed by atoms with Crippen LogP contribution >= 0.6 is 15.9 Å². The number of nitrogens with zero attached hydrogens (tertiary/aromatic N) is 1. The van der Waals surface area contributed by atoms with E-state index in [1.54, 1.807) is 0 Å². The van der Waals surface area contributed by atoms with Gasteiger partial charge in [0.25, 0.3) is 0 Å². The van der Waals surface area contributed by atoms with Gasteiger partial charge in [0.1, 0.15) is 5.82 Å². The molecule has 1 heterocycles. The van der Waals surface area contributed by atoms with Crippen molar-refractivity contribution < 1.29 is 0 Å². The van der Waals surface area contributed by atoms with Crippen LogP contribution in [0.5, 0.6) is 0 Å². The maximum Gasteiger partial charge on any atom is 0.103 e. The summed E-state index contributed by atoms with van der Waals surface area (Å²) in [6.07, 6.45) is 0. The number of nitrogens with one attached hydrogen (secondary N) is 1. The number of rotatable bonds is 1. The van der Waals surface area contributed by atoms with Crippen molar-refractivity contribution >= 4 is 15.9 Å². The van der Waals surface area contributed by atoms with Crippen LogP contribution in [-0.4, -0.2) is 9.97 Å². The topological polar surface area (TPSA) is 28.7 Å². The molecule has 0 amide bonds. The molecule has 0 spiro atoms. The van der Waals surface area contributed by atoms with Crippen molar-refractivity contribution in [3.63, 3.8) is 0 Å². The van der Waals surface area contributed by atoms with Crippen LogP contribution in [0.3, 0.4) is 0 Å². The van der Waals surface area contributed by atoms with E-state index in [-0.39, 0.29) is 0 Å². The van der Waals surface area contributed by atoms with E-state index in [4.69, 9.17) is 0 Å². The Bertz CT molecular complexity index is 500. The molecule has 0 bridgehead atoms. The van der Waals surface area contributed by atoms with E-state index >= 15 is 0 Å². The summed E-state index contributed by atoms with van der Waals surface area (Å²) >= 11 is 3.54. The number of hydrogen-bond donors (Lipinski definition) is 1. The molecule has 0 saturated heterocycles. The number of aromatic amines is 1. The fourth-order valence-electron chi connectivity index (χ4n) is 1.63. The van der Waals surface area contributed by atoms with Crippen molar-refractivity contribution in [2.24, 2.45) is 0 Å². The molecule has 0 saturated carbocycles. The second-order valence-corrected chi connectivity index (χ2v) is 4.61. The first-order chi connectivity index (χ1) is 7.08. The predicted molar refractivity (Wildman–Crippen MR) is 65.9 cm³/mol. The summed E-state index contributed by atoms with van der Waals surface area (Å²) in [6.45, 7) is 6.10. The molecule has 2 rings (SSSR count). The third-order valence-corrected chi connectivity index (χ3v) is 3.30. The van der Waals surface area contributed by atoms with Gasteiger partial charge < -0.3 is 4.98 Å². The molecule has 3 heteroatoms. The Labute approximate surface area is 97.9 Å². The molecule has 2 aromatic rings. The lowest BCUT2D eigenvalue weighted by Gasteiger charge is -2.02. The highest BCUT2D eigenvalue weighted by atomic mass is 79.9. The summed E-state index contributed by atoms with van der Waals surface area (Å²) < 4.78 is 1.13. The smallest absolute Gasteiger partial charge is 0.103 e. The zero-order chi connectivity index (χ0) is 11.0. The number of benzene rings is 1. The second kappa shape index (κ2) is 3.81. The second-order valence-electron chi connectivity index (χ2n) is 3.76. The van der Waals surface area contributed by atoms with E-state index < -0.39 is 0 Å². The van der Waals surface area contributed by atoms with Crippen LogP contribution in [0.2, 0.25) is 0 Å². The molecular formula is C12H13BrN2. The van der Waals surface area contributed by atoms with Crippen molar-refractivity contribution in [2.75, 3.05) is 0 Å². The van der Waals surface area contributed by atoms with E-state index in [0.29, 0.717) is 0 Å². The molecule has 0 unspecified atom stereocenters. The summed E-state index contributed by atoms with van der Waals surface area (Å²) in [5, 5.41) is 0. The van der Waals surface area contributed by atoms with Gasteiger partial charge in [-0.05, 0) is 32.4 Å². The zero-order valence-corrected chi connectivity index (χ0v) is 10.6. The Balaban J connectivity index is 2.54. The summed E-state index contributed by atoms with van der Waals surface area (Å²) in [4.78, 5) is 7.69. The standard InChI is InChI=1S/C12H13BrN2/c1-7-4-5-10(6-11(7)13)12-8(2)14-9(3)15-12/h4-6H,1-3H3,(H,14,15). The molecule has 0 fully saturated rings. The molecule has 2 nitrogen and oxygen atoms in total. The van der Waals surface area contributed by atoms with Gasteiger partial charge in [-0.2, -0.15) is 0 Å². The van der Waals surface area contributed by atoms with Crippen LogP contribution in [0.1, 0.15) is 17.1 Å². The van der Waals surface area contributed by atoms with Gasteiger partial charge in [0, 0.05) is 15.7 Å². The minimum atomic E-state index is 0.958. The molecule has 78 valence electrons. The van der Waals surface area contributed by atoms with Gasteiger partial charge in [0.15, 0.2) is 0 Å². The van der Waals surface area contributed by atoms with Gasteiger partial charge in [-0.25, -0.2) is 4.98 Å². The van der Waals surface area contributed by atoms with E-state index in [1.807, 2.05) is 13.8 Å². The van der Waals surface area contributed by atoms with Crippen molar-refractivity contribution in [3.8, 4) is 11.3 Å². The lowest BCUT2D eigenvalue weighted by molar-refractivity contribution is 1.13. The normalized spacial score (nSPS) is 10.7. The molecule has 15 heavy (non-hydrogen) atoms. The Morgan fingerprint density at radius 1 is 1.20 bits per heavy atom. The summed E-state index contributed by atoms with van der Waals surface area (Å²) in [5.41, 5.74) is 4.54. The Kier molecular flexibility index (Phi) is 2.65. The van der Waals surface area contributed by atoms with Crippen molar-refractivity contribution in [2.45, 2.75) is 20.8 Å². The van der Waals surface area contributed by atoms with Gasteiger partial charge in [-0.3, -0.25) is 0 Å². The molecule has 0 atom stereocenters. The van der Waals surface area contributed by atoms with Crippen molar-refractivity contribution in [1.29, 1.82) is 0 Å². The van der Waals surface area contributed by atoms with Crippen LogP contribution in [0.25, 0.3) is 11.3 Å². The van der Waals surface area contributed by atoms with E-state index in [0.717, 1.165) is 27.2 Å². The molecule has 1 N–H and O–H groups in total.